The van der Waals surface area contributed by atoms with Crippen molar-refractivity contribution in [3.05, 3.63) is 36.3 Å². The molecule has 2 saturated heterocycles. The van der Waals surface area contributed by atoms with E-state index in [0.29, 0.717) is 6.54 Å². The molecule has 1 spiro atoms. The molecule has 2 unspecified atom stereocenters. The van der Waals surface area contributed by atoms with E-state index in [1.807, 2.05) is 76.9 Å². The number of amides is 2. The number of aromatic nitrogens is 2. The zero-order valence-corrected chi connectivity index (χ0v) is 23.5. The Morgan fingerprint density at radius 1 is 1.13 bits per heavy atom. The zero-order valence-electron chi connectivity index (χ0n) is 23.5. The Kier molecular flexibility index (Phi) is 6.63. The van der Waals surface area contributed by atoms with Crippen molar-refractivity contribution in [3.8, 4) is 11.3 Å². The summed E-state index contributed by atoms with van der Waals surface area (Å²) < 4.78 is 17.1. The lowest BCUT2D eigenvalue weighted by molar-refractivity contribution is -0.135. The fraction of sp³-hybridized carbons (Fsp3) is 0.607. The van der Waals surface area contributed by atoms with Gasteiger partial charge >= 0.3 is 13.2 Å². The number of aromatic amines is 1. The Morgan fingerprint density at radius 3 is 2.32 bits per heavy atom. The minimum absolute atomic E-state index is 0.0762. The molecule has 1 saturated carbocycles. The molecule has 204 valence electrons. The Balaban J connectivity index is 1.34. The molecule has 1 aromatic heterocycles. The van der Waals surface area contributed by atoms with Gasteiger partial charge in [-0.05, 0) is 69.3 Å². The lowest BCUT2D eigenvalue weighted by atomic mass is 9.79. The van der Waals surface area contributed by atoms with Gasteiger partial charge in [-0.25, -0.2) is 9.78 Å². The van der Waals surface area contributed by atoms with Crippen molar-refractivity contribution in [3.63, 3.8) is 0 Å². The summed E-state index contributed by atoms with van der Waals surface area (Å²) >= 11 is 0. The van der Waals surface area contributed by atoms with Crippen molar-refractivity contribution in [2.24, 2.45) is 11.3 Å². The van der Waals surface area contributed by atoms with Crippen LogP contribution < -0.4 is 10.8 Å². The summed E-state index contributed by atoms with van der Waals surface area (Å²) in [5, 5.41) is 2.73. The number of nitrogens with zero attached hydrogens (tertiary/aromatic N) is 2. The summed E-state index contributed by atoms with van der Waals surface area (Å²) in [5.74, 6) is 0.601. The summed E-state index contributed by atoms with van der Waals surface area (Å²) in [4.78, 5) is 35.7. The molecule has 10 heteroatoms. The first-order valence-electron chi connectivity index (χ1n) is 13.5. The quantitative estimate of drug-likeness (QED) is 0.559. The number of likely N-dealkylation sites (tertiary alicyclic amines) is 1. The molecule has 2 aromatic rings. The second-order valence-electron chi connectivity index (χ2n) is 12.4. The van der Waals surface area contributed by atoms with Gasteiger partial charge in [0.05, 0.1) is 36.2 Å². The first-order valence-corrected chi connectivity index (χ1v) is 13.5. The van der Waals surface area contributed by atoms with Gasteiger partial charge in [-0.2, -0.15) is 0 Å². The number of ether oxygens (including phenoxy) is 1. The summed E-state index contributed by atoms with van der Waals surface area (Å²) in [6.45, 7) is 12.7. The first kappa shape index (κ1) is 26.7. The number of carbonyl (C=O) groups excluding carboxylic acids is 2. The topological polar surface area (TPSA) is 106 Å². The molecule has 1 aromatic carbocycles. The third-order valence-electron chi connectivity index (χ3n) is 8.80. The summed E-state index contributed by atoms with van der Waals surface area (Å²) in [7, 11) is 0.896. The van der Waals surface area contributed by atoms with Crippen molar-refractivity contribution in [1.29, 1.82) is 0 Å². The van der Waals surface area contributed by atoms with Crippen molar-refractivity contribution in [1.82, 2.24) is 20.2 Å². The maximum atomic E-state index is 13.7. The largest absolute Gasteiger partial charge is 0.494 e. The van der Waals surface area contributed by atoms with Crippen LogP contribution in [-0.4, -0.2) is 64.9 Å². The number of benzene rings is 1. The normalized spacial score (nSPS) is 23.6. The second kappa shape index (κ2) is 9.41. The number of H-pyrrole nitrogens is 1. The van der Waals surface area contributed by atoms with Crippen molar-refractivity contribution < 1.29 is 23.6 Å². The molecule has 1 aliphatic carbocycles. The van der Waals surface area contributed by atoms with Crippen LogP contribution in [0, 0.1) is 11.3 Å². The van der Waals surface area contributed by atoms with Crippen LogP contribution in [0.1, 0.15) is 72.7 Å². The van der Waals surface area contributed by atoms with Gasteiger partial charge in [0.15, 0.2) is 0 Å². The first-order chi connectivity index (χ1) is 17.8. The average molecular weight is 522 g/mol. The molecule has 3 fully saturated rings. The summed E-state index contributed by atoms with van der Waals surface area (Å²) in [6, 6.07) is 7.29. The van der Waals surface area contributed by atoms with E-state index >= 15 is 0 Å². The van der Waals surface area contributed by atoms with Gasteiger partial charge in [0, 0.05) is 6.54 Å². The number of hydrogen-bond donors (Lipinski definition) is 2. The highest BCUT2D eigenvalue weighted by Crippen LogP contribution is 2.58. The smallest absolute Gasteiger partial charge is 0.453 e. The molecule has 9 nitrogen and oxygen atoms in total. The Labute approximate surface area is 225 Å². The molecular weight excluding hydrogens is 483 g/mol. The highest BCUT2D eigenvalue weighted by Gasteiger charge is 2.55. The van der Waals surface area contributed by atoms with E-state index in [0.717, 1.165) is 41.8 Å². The standard InChI is InChI=1S/C28H39BN4O5/c1-17(2)22(32-25(35)36-7)24(34)33-16-28(12-13-28)14-21(33)23-30-15-20(31-23)18-8-10-19(11-9-18)29-37-26(3,4)27(5,6)38-29/h8-11,15,17,21-22H,12-14,16H2,1-7H3,(H,30,31)(H,32,35). The number of carbonyl (C=O) groups is 2. The molecule has 2 atom stereocenters. The number of rotatable bonds is 6. The monoisotopic (exact) mass is 522 g/mol. The fourth-order valence-corrected chi connectivity index (χ4v) is 5.40. The van der Waals surface area contributed by atoms with Crippen LogP contribution in [0.25, 0.3) is 11.3 Å². The van der Waals surface area contributed by atoms with E-state index in [2.05, 4.69) is 10.3 Å². The van der Waals surface area contributed by atoms with Gasteiger partial charge in [0.2, 0.25) is 5.91 Å². The predicted molar refractivity (Wildman–Crippen MR) is 145 cm³/mol. The van der Waals surface area contributed by atoms with Gasteiger partial charge < -0.3 is 29.2 Å². The van der Waals surface area contributed by atoms with Crippen molar-refractivity contribution in [2.75, 3.05) is 13.7 Å². The van der Waals surface area contributed by atoms with Gasteiger partial charge in [0.25, 0.3) is 0 Å². The van der Waals surface area contributed by atoms with E-state index in [4.69, 9.17) is 19.0 Å². The number of hydrogen-bond acceptors (Lipinski definition) is 6. The summed E-state index contributed by atoms with van der Waals surface area (Å²) in [6.07, 6.45) is 4.32. The molecule has 0 radical (unpaired) electrons. The number of methoxy groups -OCH3 is 1. The number of nitrogens with one attached hydrogen (secondary N) is 2. The van der Waals surface area contributed by atoms with E-state index in [1.54, 1.807) is 0 Å². The zero-order chi connectivity index (χ0) is 27.5. The molecule has 38 heavy (non-hydrogen) atoms. The Morgan fingerprint density at radius 2 is 1.76 bits per heavy atom. The fourth-order valence-electron chi connectivity index (χ4n) is 5.40. The third-order valence-corrected chi connectivity index (χ3v) is 8.80. The number of imidazole rings is 1. The number of alkyl carbamates (subject to hydrolysis) is 1. The molecule has 3 heterocycles. The van der Waals surface area contributed by atoms with Crippen molar-refractivity contribution in [2.45, 2.75) is 84.1 Å². The van der Waals surface area contributed by atoms with Crippen LogP contribution in [-0.2, 0) is 18.8 Å². The third kappa shape index (κ3) is 4.84. The highest BCUT2D eigenvalue weighted by atomic mass is 16.7. The molecule has 2 N–H and O–H groups in total. The maximum Gasteiger partial charge on any atom is 0.494 e. The minimum atomic E-state index is -0.657. The maximum absolute atomic E-state index is 13.7. The predicted octanol–water partition coefficient (Wildman–Crippen LogP) is 3.81. The highest BCUT2D eigenvalue weighted by molar-refractivity contribution is 6.62. The SMILES string of the molecule is COC(=O)NC(C(=O)N1CC2(CC2)CC1c1ncc(-c2ccc(B3OC(C)(C)C(C)(C)O3)cc2)[nH]1)C(C)C. The van der Waals surface area contributed by atoms with Crippen LogP contribution in [0.2, 0.25) is 0 Å². The van der Waals surface area contributed by atoms with Gasteiger partial charge in [-0.15, -0.1) is 0 Å². The Hall–Kier alpha value is -2.85. The molecule has 5 rings (SSSR count). The second-order valence-corrected chi connectivity index (χ2v) is 12.4. The lowest BCUT2D eigenvalue weighted by Crippen LogP contribution is -2.51. The summed E-state index contributed by atoms with van der Waals surface area (Å²) in [5.41, 5.74) is 2.22. The van der Waals surface area contributed by atoms with Gasteiger partial charge in [-0.1, -0.05) is 38.1 Å². The lowest BCUT2D eigenvalue weighted by Gasteiger charge is -2.32. The molecule has 2 amide bonds. The molecule has 0 bridgehead atoms. The van der Waals surface area contributed by atoms with Crippen LogP contribution in [0.4, 0.5) is 4.79 Å². The minimum Gasteiger partial charge on any atom is -0.453 e. The van der Waals surface area contributed by atoms with E-state index in [1.165, 1.54) is 7.11 Å². The van der Waals surface area contributed by atoms with Crippen molar-refractivity contribution >= 4 is 24.6 Å². The van der Waals surface area contributed by atoms with E-state index < -0.39 is 19.3 Å². The molecule has 2 aliphatic heterocycles. The van der Waals surface area contributed by atoms with Crippen LogP contribution in [0.5, 0.6) is 0 Å². The van der Waals surface area contributed by atoms with Crippen LogP contribution in [0.15, 0.2) is 30.5 Å². The van der Waals surface area contributed by atoms with Crippen LogP contribution >= 0.6 is 0 Å². The van der Waals surface area contributed by atoms with Gasteiger partial charge in [0.1, 0.15) is 11.9 Å². The van der Waals surface area contributed by atoms with E-state index in [9.17, 15) is 9.59 Å². The molecular formula is C28H39BN4O5. The Bertz CT molecular complexity index is 1190. The van der Waals surface area contributed by atoms with E-state index in [-0.39, 0.29) is 34.5 Å². The van der Waals surface area contributed by atoms with Crippen LogP contribution in [0.3, 0.4) is 0 Å². The average Bonchev–Trinajstić information content (AvgIpc) is 3.18. The molecule has 3 aliphatic rings. The van der Waals surface area contributed by atoms with Gasteiger partial charge in [-0.3, -0.25) is 4.79 Å².